The maximum absolute atomic E-state index is 11.3. The third-order valence-electron chi connectivity index (χ3n) is 3.29. The standard InChI is InChI=1S/C10H19N3O/c1-8(12-4-2-3-5-12)6-13-7-9(11)10(13)14/h8-9H,2-7,11H2,1H3. The molecule has 2 saturated heterocycles. The molecule has 0 aliphatic carbocycles. The summed E-state index contributed by atoms with van der Waals surface area (Å²) in [6, 6.07) is 0.273. The largest absolute Gasteiger partial charge is 0.338 e. The van der Waals surface area contributed by atoms with E-state index in [0.717, 1.165) is 13.1 Å². The third-order valence-corrected chi connectivity index (χ3v) is 3.29. The van der Waals surface area contributed by atoms with Crippen LogP contribution < -0.4 is 5.73 Å². The van der Waals surface area contributed by atoms with E-state index in [1.807, 2.05) is 4.90 Å². The van der Waals surface area contributed by atoms with E-state index in [-0.39, 0.29) is 11.9 Å². The molecular weight excluding hydrogens is 178 g/mol. The van der Waals surface area contributed by atoms with Gasteiger partial charge in [-0.3, -0.25) is 9.69 Å². The van der Waals surface area contributed by atoms with Gasteiger partial charge < -0.3 is 10.6 Å². The molecule has 2 rings (SSSR count). The molecule has 2 heterocycles. The van der Waals surface area contributed by atoms with Crippen LogP contribution in [0.15, 0.2) is 0 Å². The van der Waals surface area contributed by atoms with Gasteiger partial charge in [0.1, 0.15) is 6.04 Å². The fourth-order valence-corrected chi connectivity index (χ4v) is 2.31. The van der Waals surface area contributed by atoms with Crippen molar-refractivity contribution in [1.82, 2.24) is 9.80 Å². The van der Waals surface area contributed by atoms with Gasteiger partial charge in [-0.2, -0.15) is 0 Å². The zero-order valence-electron chi connectivity index (χ0n) is 8.78. The maximum atomic E-state index is 11.3. The number of nitrogens with zero attached hydrogens (tertiary/aromatic N) is 2. The van der Waals surface area contributed by atoms with Gasteiger partial charge in [0.2, 0.25) is 5.91 Å². The summed E-state index contributed by atoms with van der Waals surface area (Å²) in [5, 5.41) is 0. The number of rotatable bonds is 3. The molecule has 2 fully saturated rings. The van der Waals surface area contributed by atoms with Crippen molar-refractivity contribution in [2.24, 2.45) is 5.73 Å². The van der Waals surface area contributed by atoms with E-state index in [1.54, 1.807) is 0 Å². The first-order valence-electron chi connectivity index (χ1n) is 5.47. The molecule has 2 unspecified atom stereocenters. The van der Waals surface area contributed by atoms with E-state index in [1.165, 1.54) is 25.9 Å². The predicted molar refractivity (Wildman–Crippen MR) is 54.8 cm³/mol. The molecule has 0 saturated carbocycles. The Morgan fingerprint density at radius 2 is 2.14 bits per heavy atom. The lowest BCUT2D eigenvalue weighted by Gasteiger charge is -2.39. The molecule has 4 nitrogen and oxygen atoms in total. The van der Waals surface area contributed by atoms with Crippen molar-refractivity contribution in [2.75, 3.05) is 26.2 Å². The molecular formula is C10H19N3O. The molecule has 2 aliphatic heterocycles. The first kappa shape index (κ1) is 9.93. The fraction of sp³-hybridized carbons (Fsp3) is 0.900. The number of β-lactam (4-membered cyclic amide) rings is 1. The van der Waals surface area contributed by atoms with Gasteiger partial charge in [0, 0.05) is 19.1 Å². The Hall–Kier alpha value is -0.610. The first-order chi connectivity index (χ1) is 6.68. The molecule has 80 valence electrons. The topological polar surface area (TPSA) is 49.6 Å². The van der Waals surface area contributed by atoms with Gasteiger partial charge in [0.15, 0.2) is 0 Å². The van der Waals surface area contributed by atoms with E-state index in [0.29, 0.717) is 6.04 Å². The minimum atomic E-state index is -0.222. The predicted octanol–water partition coefficient (Wildman–Crippen LogP) is -0.360. The van der Waals surface area contributed by atoms with Crippen LogP contribution >= 0.6 is 0 Å². The second-order valence-corrected chi connectivity index (χ2v) is 4.44. The summed E-state index contributed by atoms with van der Waals surface area (Å²) in [5.41, 5.74) is 5.54. The molecule has 2 N–H and O–H groups in total. The van der Waals surface area contributed by atoms with E-state index >= 15 is 0 Å². The Balaban J connectivity index is 1.77. The Morgan fingerprint density at radius 1 is 1.50 bits per heavy atom. The van der Waals surface area contributed by atoms with E-state index < -0.39 is 0 Å². The number of carbonyl (C=O) groups is 1. The highest BCUT2D eigenvalue weighted by molar-refractivity contribution is 5.87. The smallest absolute Gasteiger partial charge is 0.241 e. The normalized spacial score (nSPS) is 30.6. The fourth-order valence-electron chi connectivity index (χ4n) is 2.31. The summed E-state index contributed by atoms with van der Waals surface area (Å²) in [6.07, 6.45) is 2.61. The van der Waals surface area contributed by atoms with E-state index in [2.05, 4.69) is 11.8 Å². The second kappa shape index (κ2) is 3.87. The lowest BCUT2D eigenvalue weighted by atomic mass is 10.1. The summed E-state index contributed by atoms with van der Waals surface area (Å²) < 4.78 is 0. The lowest BCUT2D eigenvalue weighted by Crippen LogP contribution is -2.63. The van der Waals surface area contributed by atoms with Crippen LogP contribution in [0.1, 0.15) is 19.8 Å². The van der Waals surface area contributed by atoms with Crippen LogP contribution in [0, 0.1) is 0 Å². The number of hydrogen-bond donors (Lipinski definition) is 1. The Kier molecular flexibility index (Phi) is 2.74. The summed E-state index contributed by atoms with van der Waals surface area (Å²) in [5.74, 6) is 0.121. The van der Waals surface area contributed by atoms with Gasteiger partial charge in [-0.1, -0.05) is 0 Å². The Labute approximate surface area is 85.0 Å². The molecule has 1 amide bonds. The van der Waals surface area contributed by atoms with Gasteiger partial charge in [-0.05, 0) is 32.9 Å². The summed E-state index contributed by atoms with van der Waals surface area (Å²) in [7, 11) is 0. The van der Waals surface area contributed by atoms with Crippen molar-refractivity contribution in [1.29, 1.82) is 0 Å². The van der Waals surface area contributed by atoms with Crippen molar-refractivity contribution in [3.05, 3.63) is 0 Å². The van der Waals surface area contributed by atoms with E-state index in [4.69, 9.17) is 5.73 Å². The maximum Gasteiger partial charge on any atom is 0.241 e. The highest BCUT2D eigenvalue weighted by atomic mass is 16.2. The van der Waals surface area contributed by atoms with Crippen molar-refractivity contribution in [2.45, 2.75) is 31.8 Å². The van der Waals surface area contributed by atoms with Gasteiger partial charge in [-0.25, -0.2) is 0 Å². The lowest BCUT2D eigenvalue weighted by molar-refractivity contribution is -0.143. The molecule has 2 atom stereocenters. The summed E-state index contributed by atoms with van der Waals surface area (Å²) >= 11 is 0. The average Bonchev–Trinajstić information content (AvgIpc) is 2.69. The molecule has 0 aromatic rings. The highest BCUT2D eigenvalue weighted by Gasteiger charge is 2.35. The number of carbonyl (C=O) groups excluding carboxylic acids is 1. The number of likely N-dealkylation sites (tertiary alicyclic amines) is 2. The van der Waals surface area contributed by atoms with Crippen LogP contribution in [0.2, 0.25) is 0 Å². The average molecular weight is 197 g/mol. The zero-order chi connectivity index (χ0) is 10.1. The molecule has 4 heteroatoms. The van der Waals surface area contributed by atoms with Crippen molar-refractivity contribution in [3.63, 3.8) is 0 Å². The van der Waals surface area contributed by atoms with Crippen LogP contribution in [0.3, 0.4) is 0 Å². The van der Waals surface area contributed by atoms with Gasteiger partial charge in [-0.15, -0.1) is 0 Å². The molecule has 0 aromatic carbocycles. The molecule has 0 bridgehead atoms. The van der Waals surface area contributed by atoms with Crippen LogP contribution in [0.4, 0.5) is 0 Å². The molecule has 0 aromatic heterocycles. The first-order valence-corrected chi connectivity index (χ1v) is 5.47. The van der Waals surface area contributed by atoms with Crippen molar-refractivity contribution < 1.29 is 4.79 Å². The molecule has 14 heavy (non-hydrogen) atoms. The quantitative estimate of drug-likeness (QED) is 0.629. The molecule has 0 spiro atoms. The molecule has 2 aliphatic rings. The number of hydrogen-bond acceptors (Lipinski definition) is 3. The van der Waals surface area contributed by atoms with Crippen LogP contribution in [0.25, 0.3) is 0 Å². The SMILES string of the molecule is CC(CN1CC(N)C1=O)N1CCCC1. The highest BCUT2D eigenvalue weighted by Crippen LogP contribution is 2.15. The minimum absolute atomic E-state index is 0.121. The number of nitrogens with two attached hydrogens (primary N) is 1. The zero-order valence-corrected chi connectivity index (χ0v) is 8.78. The third kappa shape index (κ3) is 1.77. The Bertz CT molecular complexity index is 225. The van der Waals surface area contributed by atoms with Gasteiger partial charge in [0.05, 0.1) is 0 Å². The second-order valence-electron chi connectivity index (χ2n) is 4.44. The van der Waals surface area contributed by atoms with Gasteiger partial charge >= 0.3 is 0 Å². The van der Waals surface area contributed by atoms with E-state index in [9.17, 15) is 4.79 Å². The minimum Gasteiger partial charge on any atom is -0.338 e. The van der Waals surface area contributed by atoms with Crippen molar-refractivity contribution in [3.8, 4) is 0 Å². The molecule has 0 radical (unpaired) electrons. The summed E-state index contributed by atoms with van der Waals surface area (Å²) in [4.78, 5) is 15.6. The summed E-state index contributed by atoms with van der Waals surface area (Å²) in [6.45, 7) is 6.18. The number of amides is 1. The van der Waals surface area contributed by atoms with Crippen molar-refractivity contribution >= 4 is 5.91 Å². The van der Waals surface area contributed by atoms with Crippen LogP contribution in [-0.4, -0.2) is 54.0 Å². The van der Waals surface area contributed by atoms with Gasteiger partial charge in [0.25, 0.3) is 0 Å². The monoisotopic (exact) mass is 197 g/mol. The van der Waals surface area contributed by atoms with Crippen LogP contribution in [0.5, 0.6) is 0 Å². The van der Waals surface area contributed by atoms with Crippen LogP contribution in [-0.2, 0) is 4.79 Å². The Morgan fingerprint density at radius 3 is 2.64 bits per heavy atom.